The summed E-state index contributed by atoms with van der Waals surface area (Å²) in [4.78, 5) is 14.5. The molecule has 1 unspecified atom stereocenters. The van der Waals surface area contributed by atoms with E-state index in [4.69, 9.17) is 0 Å². The molecule has 132 valence electrons. The Morgan fingerprint density at radius 3 is 2.83 bits per heavy atom. The number of aromatic nitrogens is 4. The van der Waals surface area contributed by atoms with Crippen LogP contribution in [0.5, 0.6) is 0 Å². The first kappa shape index (κ1) is 18.9. The first-order chi connectivity index (χ1) is 11.7. The van der Waals surface area contributed by atoms with E-state index in [9.17, 15) is 4.79 Å². The molecular formula is C15H24N6OS2. The van der Waals surface area contributed by atoms with Crippen LogP contribution in [0.3, 0.4) is 0 Å². The van der Waals surface area contributed by atoms with Crippen molar-refractivity contribution in [2.45, 2.75) is 31.5 Å². The van der Waals surface area contributed by atoms with Crippen molar-refractivity contribution in [1.82, 2.24) is 30.4 Å². The van der Waals surface area contributed by atoms with Gasteiger partial charge in [0.15, 0.2) is 0 Å². The zero-order valence-corrected chi connectivity index (χ0v) is 15.9. The van der Waals surface area contributed by atoms with E-state index >= 15 is 0 Å². The number of hydrogen-bond donors (Lipinski definition) is 1. The third-order valence-corrected chi connectivity index (χ3v) is 5.53. The number of rotatable bonds is 10. The van der Waals surface area contributed by atoms with Crippen LogP contribution >= 0.6 is 23.1 Å². The molecule has 24 heavy (non-hydrogen) atoms. The van der Waals surface area contributed by atoms with Crippen molar-refractivity contribution < 1.29 is 4.79 Å². The minimum absolute atomic E-state index is 0.0602. The van der Waals surface area contributed by atoms with E-state index in [1.54, 1.807) is 23.1 Å². The number of thioether (sulfide) groups is 1. The highest BCUT2D eigenvalue weighted by atomic mass is 32.2. The van der Waals surface area contributed by atoms with Gasteiger partial charge in [0.25, 0.3) is 0 Å². The van der Waals surface area contributed by atoms with Crippen LogP contribution in [-0.2, 0) is 11.8 Å². The van der Waals surface area contributed by atoms with Crippen LogP contribution in [0.2, 0.25) is 0 Å². The number of nitrogens with one attached hydrogen (secondary N) is 1. The lowest BCUT2D eigenvalue weighted by Gasteiger charge is -2.29. The molecule has 0 fully saturated rings. The lowest BCUT2D eigenvalue weighted by atomic mass is 10.1. The Kier molecular flexibility index (Phi) is 7.67. The second-order valence-electron chi connectivity index (χ2n) is 5.28. The van der Waals surface area contributed by atoms with Gasteiger partial charge in [-0.3, -0.25) is 9.69 Å². The van der Waals surface area contributed by atoms with Gasteiger partial charge >= 0.3 is 0 Å². The standard InChI is InChI=1S/C15H24N6OS2/c1-4-21(5-2)13(12-6-8-23-11-12)10-16-14(22)7-9-24-15-17-18-19-20(15)3/h6,8,11,13H,4-5,7,9-10H2,1-3H3,(H,16,22). The van der Waals surface area contributed by atoms with Gasteiger partial charge in [0.1, 0.15) is 0 Å². The molecule has 9 heteroatoms. The highest BCUT2D eigenvalue weighted by Crippen LogP contribution is 2.22. The number of nitrogens with zero attached hydrogens (tertiary/aromatic N) is 5. The molecule has 2 rings (SSSR count). The Morgan fingerprint density at radius 2 is 2.25 bits per heavy atom. The number of carbonyl (C=O) groups is 1. The maximum atomic E-state index is 12.1. The van der Waals surface area contributed by atoms with E-state index in [2.05, 4.69) is 56.4 Å². The summed E-state index contributed by atoms with van der Waals surface area (Å²) >= 11 is 3.18. The van der Waals surface area contributed by atoms with E-state index in [0.717, 1.165) is 18.2 Å². The van der Waals surface area contributed by atoms with Crippen molar-refractivity contribution in [2.24, 2.45) is 7.05 Å². The molecule has 2 heterocycles. The van der Waals surface area contributed by atoms with Gasteiger partial charge in [-0.05, 0) is 45.9 Å². The van der Waals surface area contributed by atoms with Crippen molar-refractivity contribution in [3.8, 4) is 0 Å². The monoisotopic (exact) mass is 368 g/mol. The second kappa shape index (κ2) is 9.75. The van der Waals surface area contributed by atoms with Gasteiger partial charge in [-0.15, -0.1) is 5.10 Å². The predicted molar refractivity (Wildman–Crippen MR) is 97.1 cm³/mol. The fourth-order valence-electron chi connectivity index (χ4n) is 2.46. The van der Waals surface area contributed by atoms with Crippen LogP contribution in [0.1, 0.15) is 31.9 Å². The summed E-state index contributed by atoms with van der Waals surface area (Å²) in [5.41, 5.74) is 1.27. The van der Waals surface area contributed by atoms with Gasteiger partial charge in [-0.2, -0.15) is 11.3 Å². The van der Waals surface area contributed by atoms with E-state index < -0.39 is 0 Å². The molecule has 0 aromatic carbocycles. The third-order valence-electron chi connectivity index (χ3n) is 3.82. The summed E-state index contributed by atoms with van der Waals surface area (Å²) in [6.07, 6.45) is 0.451. The molecule has 1 atom stereocenters. The lowest BCUT2D eigenvalue weighted by Crippen LogP contribution is -2.38. The van der Waals surface area contributed by atoms with Crippen LogP contribution in [0.25, 0.3) is 0 Å². The molecule has 0 aliphatic carbocycles. The number of tetrazole rings is 1. The van der Waals surface area contributed by atoms with Crippen LogP contribution in [-0.4, -0.2) is 56.4 Å². The predicted octanol–water partition coefficient (Wildman–Crippen LogP) is 1.95. The molecule has 1 N–H and O–H groups in total. The van der Waals surface area contributed by atoms with Crippen molar-refractivity contribution in [3.63, 3.8) is 0 Å². The zero-order chi connectivity index (χ0) is 17.4. The first-order valence-electron chi connectivity index (χ1n) is 8.03. The quantitative estimate of drug-likeness (QED) is 0.646. The highest BCUT2D eigenvalue weighted by molar-refractivity contribution is 7.99. The molecule has 0 spiro atoms. The van der Waals surface area contributed by atoms with Crippen molar-refractivity contribution in [2.75, 3.05) is 25.4 Å². The maximum absolute atomic E-state index is 12.1. The minimum atomic E-state index is 0.0602. The topological polar surface area (TPSA) is 75.9 Å². The summed E-state index contributed by atoms with van der Waals surface area (Å²) in [7, 11) is 1.79. The summed E-state index contributed by atoms with van der Waals surface area (Å²) in [5.74, 6) is 0.721. The van der Waals surface area contributed by atoms with E-state index in [-0.39, 0.29) is 11.9 Å². The highest BCUT2D eigenvalue weighted by Gasteiger charge is 2.19. The Morgan fingerprint density at radius 1 is 1.46 bits per heavy atom. The molecule has 0 bridgehead atoms. The second-order valence-corrected chi connectivity index (χ2v) is 7.12. The molecule has 0 saturated carbocycles. The van der Waals surface area contributed by atoms with Gasteiger partial charge in [0, 0.05) is 25.8 Å². The number of likely N-dealkylation sites (N-methyl/N-ethyl adjacent to an activating group) is 1. The minimum Gasteiger partial charge on any atom is -0.354 e. The van der Waals surface area contributed by atoms with Crippen molar-refractivity contribution in [3.05, 3.63) is 22.4 Å². The molecule has 7 nitrogen and oxygen atoms in total. The summed E-state index contributed by atoms with van der Waals surface area (Å²) < 4.78 is 1.61. The van der Waals surface area contributed by atoms with Crippen molar-refractivity contribution in [1.29, 1.82) is 0 Å². The number of amides is 1. The number of hydrogen-bond acceptors (Lipinski definition) is 7. The van der Waals surface area contributed by atoms with Gasteiger partial charge < -0.3 is 5.32 Å². The van der Waals surface area contributed by atoms with Crippen molar-refractivity contribution >= 4 is 29.0 Å². The van der Waals surface area contributed by atoms with Gasteiger partial charge in [0.2, 0.25) is 11.1 Å². The third kappa shape index (κ3) is 5.29. The fraction of sp³-hybridized carbons (Fsp3) is 0.600. The smallest absolute Gasteiger partial charge is 0.220 e. The van der Waals surface area contributed by atoms with Crippen LogP contribution in [0.4, 0.5) is 0 Å². The van der Waals surface area contributed by atoms with E-state index in [1.807, 2.05) is 0 Å². The Labute approximate surface area is 150 Å². The Hall–Kier alpha value is -1.45. The lowest BCUT2D eigenvalue weighted by molar-refractivity contribution is -0.120. The number of carbonyl (C=O) groups excluding carboxylic acids is 1. The molecule has 0 radical (unpaired) electrons. The number of thiophene rings is 1. The summed E-state index contributed by atoms with van der Waals surface area (Å²) in [6, 6.07) is 2.36. The summed E-state index contributed by atoms with van der Waals surface area (Å²) in [6.45, 7) is 6.85. The molecule has 0 aliphatic rings. The number of aryl methyl sites for hydroxylation is 1. The molecular weight excluding hydrogens is 344 g/mol. The average molecular weight is 369 g/mol. The van der Waals surface area contributed by atoms with Gasteiger partial charge in [-0.25, -0.2) is 4.68 Å². The summed E-state index contributed by atoms with van der Waals surface area (Å²) in [5, 5.41) is 19.3. The van der Waals surface area contributed by atoms with Crippen LogP contribution < -0.4 is 5.32 Å². The average Bonchev–Trinajstić information content (AvgIpc) is 3.24. The SMILES string of the molecule is CCN(CC)C(CNC(=O)CCSc1nnnn1C)c1ccsc1. The van der Waals surface area contributed by atoms with Gasteiger partial charge in [-0.1, -0.05) is 25.6 Å². The van der Waals surface area contributed by atoms with Crippen LogP contribution in [0, 0.1) is 0 Å². The Balaban J connectivity index is 1.80. The van der Waals surface area contributed by atoms with E-state index in [1.165, 1.54) is 17.3 Å². The van der Waals surface area contributed by atoms with Crippen LogP contribution in [0.15, 0.2) is 22.0 Å². The largest absolute Gasteiger partial charge is 0.354 e. The first-order valence-corrected chi connectivity index (χ1v) is 9.96. The molecule has 2 aromatic heterocycles. The zero-order valence-electron chi connectivity index (χ0n) is 14.3. The van der Waals surface area contributed by atoms with E-state index in [0.29, 0.717) is 18.7 Å². The van der Waals surface area contributed by atoms with Gasteiger partial charge in [0.05, 0.1) is 6.04 Å². The normalized spacial score (nSPS) is 12.5. The molecule has 0 saturated heterocycles. The fourth-order valence-corrected chi connectivity index (χ4v) is 3.96. The Bertz CT molecular complexity index is 611. The molecule has 0 aliphatic heterocycles. The maximum Gasteiger partial charge on any atom is 0.220 e. The molecule has 2 aromatic rings. The molecule has 1 amide bonds.